The molecule has 3 amide bonds. The first-order valence-electron chi connectivity index (χ1n) is 19.1. The zero-order valence-electron chi connectivity index (χ0n) is 33.0. The van der Waals surface area contributed by atoms with Crippen molar-refractivity contribution in [3.05, 3.63) is 59.7 Å². The normalized spacial score (nSPS) is 20.1. The van der Waals surface area contributed by atoms with Crippen molar-refractivity contribution in [3.8, 4) is 22.7 Å². The van der Waals surface area contributed by atoms with Gasteiger partial charge in [-0.1, -0.05) is 27.7 Å². The summed E-state index contributed by atoms with van der Waals surface area (Å²) >= 11 is 0. The van der Waals surface area contributed by atoms with Gasteiger partial charge >= 0.3 is 5.97 Å². The molecule has 6 rings (SSSR count). The zero-order valence-corrected chi connectivity index (χ0v) is 33.0. The van der Waals surface area contributed by atoms with Crippen molar-refractivity contribution in [2.45, 2.75) is 98.0 Å². The van der Waals surface area contributed by atoms with Crippen LogP contribution >= 0.6 is 0 Å². The maximum atomic E-state index is 14.2. The predicted octanol–water partition coefficient (Wildman–Crippen LogP) is 4.85. The van der Waals surface area contributed by atoms with Crippen LogP contribution in [0.3, 0.4) is 0 Å². The molecule has 4 aromatic rings. The lowest BCUT2D eigenvalue weighted by Gasteiger charge is -2.36. The number of pyridine rings is 1. The van der Waals surface area contributed by atoms with Crippen LogP contribution in [0.4, 0.5) is 0 Å². The van der Waals surface area contributed by atoms with E-state index in [0.29, 0.717) is 50.3 Å². The molecule has 0 saturated carbocycles. The first kappa shape index (κ1) is 39.6. The van der Waals surface area contributed by atoms with Gasteiger partial charge in [-0.25, -0.2) is 10.4 Å². The number of hydrazine groups is 1. The highest BCUT2D eigenvalue weighted by atomic mass is 16.5. The van der Waals surface area contributed by atoms with Crippen molar-refractivity contribution in [2.75, 3.05) is 27.3 Å². The van der Waals surface area contributed by atoms with Gasteiger partial charge < -0.3 is 28.7 Å². The van der Waals surface area contributed by atoms with Gasteiger partial charge in [0.05, 0.1) is 29.8 Å². The molecule has 1 saturated heterocycles. The first-order valence-corrected chi connectivity index (χ1v) is 19.1. The molecule has 2 aliphatic heterocycles. The van der Waals surface area contributed by atoms with Crippen LogP contribution in [0.15, 0.2) is 47.2 Å². The third kappa shape index (κ3) is 8.15. The van der Waals surface area contributed by atoms with Crippen molar-refractivity contribution >= 4 is 35.1 Å². The number of aryl methyl sites for hydroxylation is 1. The Bertz CT molecular complexity index is 2050. The van der Waals surface area contributed by atoms with Gasteiger partial charge in [0.15, 0.2) is 0 Å². The van der Waals surface area contributed by atoms with Crippen molar-refractivity contribution < 1.29 is 33.1 Å². The highest BCUT2D eigenvalue weighted by Crippen LogP contribution is 2.41. The van der Waals surface area contributed by atoms with Crippen LogP contribution in [0.25, 0.3) is 33.6 Å². The number of hydrogen-bond donors (Lipinski definition) is 2. The molecule has 1 aromatic carbocycles. The number of oxazole rings is 1. The van der Waals surface area contributed by atoms with E-state index in [-0.39, 0.29) is 25.0 Å². The molecule has 14 heteroatoms. The fourth-order valence-electron chi connectivity index (χ4n) is 7.85. The van der Waals surface area contributed by atoms with Crippen LogP contribution in [0.1, 0.15) is 77.4 Å². The van der Waals surface area contributed by atoms with Gasteiger partial charge in [-0.15, -0.1) is 0 Å². The highest BCUT2D eigenvalue weighted by Gasteiger charge is 2.37. The van der Waals surface area contributed by atoms with Crippen molar-refractivity contribution in [3.63, 3.8) is 0 Å². The van der Waals surface area contributed by atoms with Crippen LogP contribution in [-0.2, 0) is 48.0 Å². The molecule has 5 heterocycles. The number of benzene rings is 1. The van der Waals surface area contributed by atoms with Crippen molar-refractivity contribution in [1.82, 2.24) is 35.2 Å². The van der Waals surface area contributed by atoms with E-state index in [1.165, 1.54) is 23.2 Å². The fraction of sp³-hybridized carbons (Fsp3) is 0.512. The quantitative estimate of drug-likeness (QED) is 0.179. The second-order valence-electron chi connectivity index (χ2n) is 15.7. The number of hydrogen-bond acceptors (Lipinski definition) is 10. The number of rotatable bonds is 9. The number of carbonyl (C=O) groups excluding carboxylic acids is 4. The number of amides is 3. The Hall–Kier alpha value is -5.08. The molecule has 1 fully saturated rings. The molecule has 2 aliphatic rings. The summed E-state index contributed by atoms with van der Waals surface area (Å²) in [6, 6.07) is 7.46. The van der Waals surface area contributed by atoms with E-state index in [4.69, 9.17) is 23.9 Å². The second-order valence-corrected chi connectivity index (χ2v) is 15.7. The average molecular weight is 756 g/mol. The Labute approximate surface area is 321 Å². The van der Waals surface area contributed by atoms with Crippen molar-refractivity contribution in [1.29, 1.82) is 0 Å². The number of nitrogens with one attached hydrogen (secondary N) is 2. The van der Waals surface area contributed by atoms with Gasteiger partial charge in [0, 0.05) is 67.3 Å². The first-order chi connectivity index (χ1) is 26.3. The lowest BCUT2D eigenvalue weighted by Crippen LogP contribution is -2.62. The molecule has 294 valence electrons. The minimum Gasteiger partial charge on any atom is -0.464 e. The fourth-order valence-corrected chi connectivity index (χ4v) is 7.85. The van der Waals surface area contributed by atoms with Gasteiger partial charge in [-0.3, -0.25) is 29.2 Å². The Kier molecular flexibility index (Phi) is 11.8. The Morgan fingerprint density at radius 1 is 1.22 bits per heavy atom. The monoisotopic (exact) mass is 755 g/mol. The number of methoxy groups -OCH3 is 1. The minimum atomic E-state index is -1.08. The molecule has 3 unspecified atom stereocenters. The Balaban J connectivity index is 1.49. The van der Waals surface area contributed by atoms with E-state index in [1.807, 2.05) is 32.9 Å². The van der Waals surface area contributed by atoms with Gasteiger partial charge in [0.25, 0.3) is 5.91 Å². The van der Waals surface area contributed by atoms with E-state index in [1.54, 1.807) is 13.3 Å². The van der Waals surface area contributed by atoms with Crippen LogP contribution in [0.2, 0.25) is 0 Å². The lowest BCUT2D eigenvalue weighted by molar-refractivity contribution is -0.155. The standard InChI is InChI=1S/C41H53N7O7/c1-9-47-33-15-14-26-18-29(33)30(36(47)28-12-10-16-42-34(28)25(4)53-8)20-41(5,6)22-55-40(52)31-13-11-17-48(45-31)39(51)32(19-27-21-54-38(26)43-27)44-37(50)35(24(2)3)46(7)23-49/h10,12,14-16,18,21,23-25,31-32,35,45H,9,11,13,17,19-20,22H2,1-8H3,(H,44,50)/t25?,31-,32?,35?/m0/s1. The largest absolute Gasteiger partial charge is 0.464 e. The number of carbonyl (C=O) groups is 4. The number of nitrogens with zero attached hydrogens (tertiary/aromatic N) is 5. The van der Waals surface area contributed by atoms with E-state index in [2.05, 4.69) is 54.3 Å². The summed E-state index contributed by atoms with van der Waals surface area (Å²) in [7, 11) is 3.21. The SMILES string of the molecule is CCn1c(-c2cccnc2C(C)OC)c2c3cc(ccc31)-c1nc(co1)CC(NC(=O)C(C(C)C)N(C)C=O)C(=O)N1CCC[C@H](N1)C(=O)OCC(C)(C)C2. The molecular weight excluding hydrogens is 702 g/mol. The summed E-state index contributed by atoms with van der Waals surface area (Å²) in [5, 5.41) is 5.27. The third-order valence-electron chi connectivity index (χ3n) is 10.6. The van der Waals surface area contributed by atoms with Crippen LogP contribution in [0, 0.1) is 11.3 Å². The van der Waals surface area contributed by atoms with E-state index < -0.39 is 41.3 Å². The van der Waals surface area contributed by atoms with E-state index in [0.717, 1.165) is 39.0 Å². The highest BCUT2D eigenvalue weighted by molar-refractivity contribution is 5.95. The molecule has 4 atom stereocenters. The number of aromatic nitrogens is 3. The molecule has 55 heavy (non-hydrogen) atoms. The number of cyclic esters (lactones) is 1. The molecule has 0 spiro atoms. The third-order valence-corrected chi connectivity index (χ3v) is 10.6. The average Bonchev–Trinajstić information content (AvgIpc) is 3.77. The number of ether oxygens (including phenoxy) is 2. The summed E-state index contributed by atoms with van der Waals surface area (Å²) in [4.78, 5) is 64.1. The van der Waals surface area contributed by atoms with Crippen LogP contribution < -0.4 is 10.7 Å². The van der Waals surface area contributed by atoms with Crippen molar-refractivity contribution in [2.24, 2.45) is 11.3 Å². The Morgan fingerprint density at radius 3 is 2.71 bits per heavy atom. The summed E-state index contributed by atoms with van der Waals surface area (Å²) in [6.07, 6.45) is 5.22. The maximum absolute atomic E-state index is 14.2. The minimum absolute atomic E-state index is 0.0104. The predicted molar refractivity (Wildman–Crippen MR) is 206 cm³/mol. The summed E-state index contributed by atoms with van der Waals surface area (Å²) < 4.78 is 20.2. The van der Waals surface area contributed by atoms with Crippen LogP contribution in [0.5, 0.6) is 0 Å². The van der Waals surface area contributed by atoms with Crippen LogP contribution in [-0.4, -0.2) is 94.1 Å². The molecule has 0 radical (unpaired) electrons. The molecule has 0 aliphatic carbocycles. The number of likely N-dealkylation sites (N-methyl/N-ethyl adjacent to an activating group) is 1. The summed E-state index contributed by atoms with van der Waals surface area (Å²) in [6.45, 7) is 13.1. The summed E-state index contributed by atoms with van der Waals surface area (Å²) in [5.41, 5.74) is 8.66. The number of fused-ring (bicyclic) bond motifs is 6. The lowest BCUT2D eigenvalue weighted by atomic mass is 9.84. The molecular formula is C41H53N7O7. The van der Waals surface area contributed by atoms with Gasteiger partial charge in [0.1, 0.15) is 24.4 Å². The van der Waals surface area contributed by atoms with E-state index in [9.17, 15) is 19.2 Å². The molecule has 6 bridgehead atoms. The van der Waals surface area contributed by atoms with Gasteiger partial charge in [-0.2, -0.15) is 0 Å². The Morgan fingerprint density at radius 2 is 2.00 bits per heavy atom. The van der Waals surface area contributed by atoms with Gasteiger partial charge in [-0.05, 0) is 74.9 Å². The molecule has 2 N–H and O–H groups in total. The smallest absolute Gasteiger partial charge is 0.324 e. The van der Waals surface area contributed by atoms with E-state index >= 15 is 0 Å². The van der Waals surface area contributed by atoms with Gasteiger partial charge in [0.2, 0.25) is 18.2 Å². The zero-order chi connectivity index (χ0) is 39.6. The molecule has 14 nitrogen and oxygen atoms in total. The number of esters is 1. The second kappa shape index (κ2) is 16.3. The summed E-state index contributed by atoms with van der Waals surface area (Å²) in [5.74, 6) is -1.23. The molecule has 3 aromatic heterocycles. The maximum Gasteiger partial charge on any atom is 0.324 e. The topological polar surface area (TPSA) is 161 Å².